The van der Waals surface area contributed by atoms with Crippen molar-refractivity contribution in [2.24, 2.45) is 11.8 Å². The lowest BCUT2D eigenvalue weighted by molar-refractivity contribution is -0.158. The number of esters is 1. The van der Waals surface area contributed by atoms with E-state index < -0.39 is 0 Å². The average molecular weight is 338 g/mol. The first kappa shape index (κ1) is 15.4. The third-order valence-corrected chi connectivity index (χ3v) is 7.52. The summed E-state index contributed by atoms with van der Waals surface area (Å²) in [6.45, 7) is 4.20. The maximum atomic E-state index is 13.1. The van der Waals surface area contributed by atoms with Gasteiger partial charge in [-0.3, -0.25) is 9.69 Å². The zero-order valence-electron chi connectivity index (χ0n) is 15.2. The molecular weight excluding hydrogens is 312 g/mol. The highest BCUT2D eigenvalue weighted by Crippen LogP contribution is 2.63. The summed E-state index contributed by atoms with van der Waals surface area (Å²) in [5.74, 6) is 0.224. The molecule has 2 saturated heterocycles. The molecule has 3 fully saturated rings. The molecule has 4 nitrogen and oxygen atoms in total. The summed E-state index contributed by atoms with van der Waals surface area (Å²) in [6.07, 6.45) is 4.36. The van der Waals surface area contributed by atoms with Crippen molar-refractivity contribution in [2.75, 3.05) is 32.1 Å². The minimum Gasteiger partial charge on any atom is -0.469 e. The molecule has 5 atom stereocenters. The van der Waals surface area contributed by atoms with E-state index in [9.17, 15) is 4.79 Å². The van der Waals surface area contributed by atoms with Gasteiger partial charge in [0, 0.05) is 30.7 Å². The van der Waals surface area contributed by atoms with Gasteiger partial charge in [-0.05, 0) is 43.9 Å². The molecule has 0 N–H and O–H groups in total. The Morgan fingerprint density at radius 2 is 2.16 bits per heavy atom. The van der Waals surface area contributed by atoms with E-state index >= 15 is 0 Å². The van der Waals surface area contributed by atoms with Crippen molar-refractivity contribution in [1.29, 1.82) is 0 Å². The smallest absolute Gasteiger partial charge is 0.310 e. The second kappa shape index (κ2) is 5.10. The number of likely N-dealkylation sites (N-methyl/N-ethyl adjacent to an activating group) is 1. The first-order valence-corrected chi connectivity index (χ1v) is 9.42. The quantitative estimate of drug-likeness (QED) is 0.582. The standard InChI is InChI=1S/C21H26N2O2/c1-4-13-12-23-10-9-21-15-7-5-6-8-16(15)22(2)19(21)17(23)11-14(13)18(21)20(24)25-3/h4-8,14,17-19H,9-12H2,1-3H3/t14-,17-,18-,19-,21-/m0/s1. The fourth-order valence-electron chi connectivity index (χ4n) is 6.67. The van der Waals surface area contributed by atoms with Gasteiger partial charge < -0.3 is 9.64 Å². The van der Waals surface area contributed by atoms with Gasteiger partial charge in [0.15, 0.2) is 0 Å². The highest BCUT2D eigenvalue weighted by molar-refractivity contribution is 5.80. The molecule has 4 aliphatic rings. The van der Waals surface area contributed by atoms with Crippen LogP contribution in [0.1, 0.15) is 25.3 Å². The van der Waals surface area contributed by atoms with Crippen LogP contribution in [0.3, 0.4) is 0 Å². The van der Waals surface area contributed by atoms with E-state index in [-0.39, 0.29) is 17.3 Å². The molecule has 0 amide bonds. The third-order valence-electron chi connectivity index (χ3n) is 7.52. The number of benzene rings is 1. The summed E-state index contributed by atoms with van der Waals surface area (Å²) < 4.78 is 5.38. The van der Waals surface area contributed by atoms with Gasteiger partial charge in [-0.25, -0.2) is 0 Å². The number of para-hydroxylation sites is 1. The predicted octanol–water partition coefficient (Wildman–Crippen LogP) is 2.59. The van der Waals surface area contributed by atoms with Crippen LogP contribution < -0.4 is 4.90 Å². The van der Waals surface area contributed by atoms with Crippen molar-refractivity contribution in [1.82, 2.24) is 4.90 Å². The molecular formula is C21H26N2O2. The molecule has 1 aromatic rings. The zero-order valence-corrected chi connectivity index (χ0v) is 15.2. The Hall–Kier alpha value is -1.81. The summed E-state index contributed by atoms with van der Waals surface area (Å²) in [7, 11) is 3.77. The summed E-state index contributed by atoms with van der Waals surface area (Å²) in [5, 5.41) is 0. The number of anilines is 1. The Kier molecular flexibility index (Phi) is 3.15. The van der Waals surface area contributed by atoms with E-state index in [0.29, 0.717) is 18.0 Å². The number of allylic oxidation sites excluding steroid dienone is 1. The number of rotatable bonds is 1. The van der Waals surface area contributed by atoms with Gasteiger partial charge in [0.25, 0.3) is 0 Å². The molecule has 0 aromatic heterocycles. The van der Waals surface area contributed by atoms with Crippen LogP contribution in [0.15, 0.2) is 35.9 Å². The van der Waals surface area contributed by atoms with Gasteiger partial charge in [0.05, 0.1) is 19.1 Å². The number of nitrogens with zero attached hydrogens (tertiary/aromatic N) is 2. The van der Waals surface area contributed by atoms with E-state index in [1.54, 1.807) is 7.11 Å². The first-order valence-electron chi connectivity index (χ1n) is 9.42. The SMILES string of the molecule is CC=C1CN2CC[C@@]34c5ccccc5N(C)[C@H]3[C@@H]2C[C@@H]1[C@H]4C(=O)OC. The third kappa shape index (κ3) is 1.69. The topological polar surface area (TPSA) is 32.8 Å². The Morgan fingerprint density at radius 3 is 2.92 bits per heavy atom. The largest absolute Gasteiger partial charge is 0.469 e. The number of carbonyl (C=O) groups excluding carboxylic acids is 1. The van der Waals surface area contributed by atoms with Crippen LogP contribution in [0.25, 0.3) is 0 Å². The van der Waals surface area contributed by atoms with Crippen LogP contribution in [-0.4, -0.2) is 50.2 Å². The Labute approximate surface area is 149 Å². The lowest BCUT2D eigenvalue weighted by Crippen LogP contribution is -2.72. The lowest BCUT2D eigenvalue weighted by atomic mass is 9.50. The molecule has 4 heteroatoms. The van der Waals surface area contributed by atoms with Crippen molar-refractivity contribution in [3.8, 4) is 0 Å². The fraction of sp³-hybridized carbons (Fsp3) is 0.571. The molecule has 3 heterocycles. The van der Waals surface area contributed by atoms with Crippen molar-refractivity contribution in [3.63, 3.8) is 0 Å². The molecule has 1 saturated carbocycles. The van der Waals surface area contributed by atoms with Gasteiger partial charge in [0.2, 0.25) is 0 Å². The number of hydrogen-bond acceptors (Lipinski definition) is 4. The van der Waals surface area contributed by atoms with Crippen LogP contribution in [0, 0.1) is 11.8 Å². The minimum atomic E-state index is -0.114. The molecule has 1 aliphatic carbocycles. The number of methoxy groups -OCH3 is 1. The molecule has 5 rings (SSSR count). The van der Waals surface area contributed by atoms with E-state index in [4.69, 9.17) is 4.74 Å². The van der Waals surface area contributed by atoms with Gasteiger partial charge in [-0.2, -0.15) is 0 Å². The maximum Gasteiger partial charge on any atom is 0.310 e. The van der Waals surface area contributed by atoms with E-state index in [2.05, 4.69) is 54.1 Å². The van der Waals surface area contributed by atoms with E-state index in [1.807, 2.05) is 0 Å². The molecule has 25 heavy (non-hydrogen) atoms. The number of piperidine rings is 2. The zero-order chi connectivity index (χ0) is 17.3. The number of hydrogen-bond donors (Lipinski definition) is 0. The van der Waals surface area contributed by atoms with Crippen LogP contribution in [0.4, 0.5) is 5.69 Å². The predicted molar refractivity (Wildman–Crippen MR) is 97.7 cm³/mol. The van der Waals surface area contributed by atoms with Crippen molar-refractivity contribution < 1.29 is 9.53 Å². The summed E-state index contributed by atoms with van der Waals surface area (Å²) in [4.78, 5) is 18.2. The average Bonchev–Trinajstić information content (AvgIpc) is 2.91. The second-order valence-electron chi connectivity index (χ2n) is 8.11. The normalized spacial score (nSPS) is 40.1. The Bertz CT molecular complexity index is 773. The number of fused-ring (bicyclic) bond motifs is 2. The van der Waals surface area contributed by atoms with Crippen LogP contribution >= 0.6 is 0 Å². The number of ether oxygens (including phenoxy) is 1. The van der Waals surface area contributed by atoms with Crippen LogP contribution in [0.2, 0.25) is 0 Å². The van der Waals surface area contributed by atoms with Crippen LogP contribution in [-0.2, 0) is 14.9 Å². The van der Waals surface area contributed by atoms with Gasteiger partial charge in [-0.1, -0.05) is 29.8 Å². The maximum absolute atomic E-state index is 13.1. The molecule has 3 aliphatic heterocycles. The Balaban J connectivity index is 1.78. The van der Waals surface area contributed by atoms with Crippen molar-refractivity contribution in [3.05, 3.63) is 41.5 Å². The molecule has 0 radical (unpaired) electrons. The van der Waals surface area contributed by atoms with Crippen molar-refractivity contribution >= 4 is 11.7 Å². The second-order valence-corrected chi connectivity index (χ2v) is 8.11. The highest BCUT2D eigenvalue weighted by Gasteiger charge is 2.68. The Morgan fingerprint density at radius 1 is 1.36 bits per heavy atom. The van der Waals surface area contributed by atoms with Crippen molar-refractivity contribution in [2.45, 2.75) is 37.3 Å². The lowest BCUT2D eigenvalue weighted by Gasteiger charge is -2.63. The van der Waals surface area contributed by atoms with E-state index in [1.165, 1.54) is 16.8 Å². The van der Waals surface area contributed by atoms with Crippen LogP contribution in [0.5, 0.6) is 0 Å². The molecule has 1 aromatic carbocycles. The van der Waals surface area contributed by atoms with E-state index in [0.717, 1.165) is 25.9 Å². The molecule has 132 valence electrons. The highest BCUT2D eigenvalue weighted by atomic mass is 16.5. The summed E-state index contributed by atoms with van der Waals surface area (Å²) in [5.41, 5.74) is 3.98. The van der Waals surface area contributed by atoms with Gasteiger partial charge in [-0.15, -0.1) is 0 Å². The molecule has 0 spiro atoms. The number of carbonyl (C=O) groups is 1. The summed E-state index contributed by atoms with van der Waals surface area (Å²) >= 11 is 0. The monoisotopic (exact) mass is 338 g/mol. The molecule has 0 unspecified atom stereocenters. The van der Waals surface area contributed by atoms with Gasteiger partial charge in [0.1, 0.15) is 0 Å². The van der Waals surface area contributed by atoms with Gasteiger partial charge >= 0.3 is 5.97 Å². The molecule has 3 bridgehead atoms. The first-order chi connectivity index (χ1) is 12.1. The minimum absolute atomic E-state index is 0.0201. The summed E-state index contributed by atoms with van der Waals surface area (Å²) in [6, 6.07) is 9.63. The fourth-order valence-corrected chi connectivity index (χ4v) is 6.67.